The molecule has 0 saturated carbocycles. The average Bonchev–Trinajstić information content (AvgIpc) is 2.94. The van der Waals surface area contributed by atoms with Crippen molar-refractivity contribution in [2.45, 2.75) is 37.6 Å². The van der Waals surface area contributed by atoms with Crippen LogP contribution in [0.4, 0.5) is 0 Å². The highest BCUT2D eigenvalue weighted by atomic mass is 79.9. The number of halogens is 1. The zero-order valence-corrected chi connectivity index (χ0v) is 14.7. The van der Waals surface area contributed by atoms with Gasteiger partial charge in [0.2, 0.25) is 0 Å². The lowest BCUT2D eigenvalue weighted by molar-refractivity contribution is -0.116. The zero-order chi connectivity index (χ0) is 15.2. The second-order valence-corrected chi connectivity index (χ2v) is 6.85. The van der Waals surface area contributed by atoms with Crippen molar-refractivity contribution in [2.24, 2.45) is 0 Å². The molecule has 0 bridgehead atoms. The van der Waals surface area contributed by atoms with E-state index in [9.17, 15) is 4.79 Å². The van der Waals surface area contributed by atoms with Crippen molar-refractivity contribution in [3.63, 3.8) is 0 Å². The molecule has 21 heavy (non-hydrogen) atoms. The van der Waals surface area contributed by atoms with Crippen LogP contribution >= 0.6 is 27.7 Å². The molecule has 0 spiro atoms. The lowest BCUT2D eigenvalue weighted by Crippen LogP contribution is -2.09. The summed E-state index contributed by atoms with van der Waals surface area (Å²) in [5.41, 5.74) is 0.855. The molecule has 1 aromatic carbocycles. The Hall–Kier alpha value is -1.07. The van der Waals surface area contributed by atoms with Crippen molar-refractivity contribution in [1.29, 1.82) is 0 Å². The molecule has 0 aliphatic rings. The zero-order valence-electron chi connectivity index (χ0n) is 12.3. The van der Waals surface area contributed by atoms with Gasteiger partial charge in [0.15, 0.2) is 0 Å². The predicted octanol–water partition coefficient (Wildman–Crippen LogP) is 4.52. The van der Waals surface area contributed by atoms with Gasteiger partial charge in [-0.15, -0.1) is 11.8 Å². The van der Waals surface area contributed by atoms with Crippen LogP contribution in [0.15, 0.2) is 45.9 Å². The molecular weight excluding hydrogens is 348 g/mol. The van der Waals surface area contributed by atoms with Gasteiger partial charge in [0.25, 0.3) is 0 Å². The molecule has 1 aromatic heterocycles. The Bertz CT molecular complexity index is 612. The van der Waals surface area contributed by atoms with Crippen molar-refractivity contribution < 1.29 is 4.79 Å². The van der Waals surface area contributed by atoms with Crippen molar-refractivity contribution in [2.75, 3.05) is 5.75 Å². The van der Waals surface area contributed by atoms with E-state index in [-0.39, 0.29) is 5.78 Å². The maximum Gasteiger partial charge on any atom is 0.149 e. The van der Waals surface area contributed by atoms with Gasteiger partial charge >= 0.3 is 0 Å². The standard InChI is InChI=1S/C16H19BrN2OS/c1-3-12(2)19-9-8-13(18-19)10-14(20)11-21-16-7-5-4-6-15(16)17/h4-9,12H,3,10-11H2,1-2H3. The first kappa shape index (κ1) is 16.3. The molecule has 3 nitrogen and oxygen atoms in total. The van der Waals surface area contributed by atoms with Crippen LogP contribution in [0.5, 0.6) is 0 Å². The van der Waals surface area contributed by atoms with Crippen LogP contribution in [-0.4, -0.2) is 21.3 Å². The molecule has 0 aliphatic heterocycles. The van der Waals surface area contributed by atoms with E-state index in [2.05, 4.69) is 34.9 Å². The number of thioether (sulfide) groups is 1. The minimum Gasteiger partial charge on any atom is -0.298 e. The number of hydrogen-bond acceptors (Lipinski definition) is 3. The number of rotatable bonds is 7. The van der Waals surface area contributed by atoms with Gasteiger partial charge in [-0.3, -0.25) is 9.48 Å². The molecule has 0 fully saturated rings. The molecule has 0 N–H and O–H groups in total. The molecule has 1 atom stereocenters. The molecule has 2 aromatic rings. The van der Waals surface area contributed by atoms with Crippen molar-refractivity contribution in [1.82, 2.24) is 9.78 Å². The molecule has 5 heteroatoms. The molecule has 1 unspecified atom stereocenters. The monoisotopic (exact) mass is 366 g/mol. The number of carbonyl (C=O) groups is 1. The maximum absolute atomic E-state index is 12.1. The molecular formula is C16H19BrN2OS. The van der Waals surface area contributed by atoms with Crippen LogP contribution in [0.25, 0.3) is 0 Å². The molecule has 0 saturated heterocycles. The van der Waals surface area contributed by atoms with E-state index in [1.54, 1.807) is 11.8 Å². The highest BCUT2D eigenvalue weighted by Gasteiger charge is 2.10. The van der Waals surface area contributed by atoms with Gasteiger partial charge in [0.05, 0.1) is 17.9 Å². The maximum atomic E-state index is 12.1. The smallest absolute Gasteiger partial charge is 0.149 e. The van der Waals surface area contributed by atoms with Crippen LogP contribution in [-0.2, 0) is 11.2 Å². The third-order valence-electron chi connectivity index (χ3n) is 3.31. The summed E-state index contributed by atoms with van der Waals surface area (Å²) < 4.78 is 2.97. The molecule has 0 aliphatic carbocycles. The Morgan fingerprint density at radius 1 is 1.38 bits per heavy atom. The molecule has 112 valence electrons. The highest BCUT2D eigenvalue weighted by Crippen LogP contribution is 2.27. The average molecular weight is 367 g/mol. The Morgan fingerprint density at radius 2 is 2.14 bits per heavy atom. The third-order valence-corrected chi connectivity index (χ3v) is 5.40. The van der Waals surface area contributed by atoms with Gasteiger partial charge in [-0.1, -0.05) is 19.1 Å². The summed E-state index contributed by atoms with van der Waals surface area (Å²) in [5.74, 6) is 0.670. The summed E-state index contributed by atoms with van der Waals surface area (Å²) in [6, 6.07) is 10.3. The van der Waals surface area contributed by atoms with E-state index in [0.29, 0.717) is 18.2 Å². The van der Waals surface area contributed by atoms with Gasteiger partial charge < -0.3 is 0 Å². The van der Waals surface area contributed by atoms with E-state index in [1.165, 1.54) is 0 Å². The molecule has 1 heterocycles. The fraction of sp³-hybridized carbons (Fsp3) is 0.375. The second-order valence-electron chi connectivity index (χ2n) is 4.98. The topological polar surface area (TPSA) is 34.9 Å². The Morgan fingerprint density at radius 3 is 2.86 bits per heavy atom. The van der Waals surface area contributed by atoms with Crippen LogP contribution in [0, 0.1) is 0 Å². The quantitative estimate of drug-likeness (QED) is 0.675. The van der Waals surface area contributed by atoms with Gasteiger partial charge in [0, 0.05) is 21.6 Å². The van der Waals surface area contributed by atoms with E-state index in [0.717, 1.165) is 21.5 Å². The predicted molar refractivity (Wildman–Crippen MR) is 90.8 cm³/mol. The summed E-state index contributed by atoms with van der Waals surface area (Å²) in [5, 5.41) is 4.47. The molecule has 2 rings (SSSR count). The first-order valence-electron chi connectivity index (χ1n) is 7.03. The number of carbonyl (C=O) groups excluding carboxylic acids is 1. The number of benzene rings is 1. The normalized spacial score (nSPS) is 12.3. The van der Waals surface area contributed by atoms with Crippen molar-refractivity contribution in [3.05, 3.63) is 46.7 Å². The van der Waals surface area contributed by atoms with E-state index >= 15 is 0 Å². The fourth-order valence-electron chi connectivity index (χ4n) is 1.88. The minimum atomic E-state index is 0.199. The van der Waals surface area contributed by atoms with Crippen LogP contribution in [0.1, 0.15) is 32.0 Å². The van der Waals surface area contributed by atoms with E-state index in [1.807, 2.05) is 41.2 Å². The van der Waals surface area contributed by atoms with Crippen LogP contribution in [0.3, 0.4) is 0 Å². The second kappa shape index (κ2) is 7.80. The highest BCUT2D eigenvalue weighted by molar-refractivity contribution is 9.10. The van der Waals surface area contributed by atoms with Crippen molar-refractivity contribution in [3.8, 4) is 0 Å². The summed E-state index contributed by atoms with van der Waals surface area (Å²) in [7, 11) is 0. The van der Waals surface area contributed by atoms with Crippen LogP contribution < -0.4 is 0 Å². The van der Waals surface area contributed by atoms with E-state index < -0.39 is 0 Å². The van der Waals surface area contributed by atoms with Gasteiger partial charge in [-0.25, -0.2) is 0 Å². The first-order chi connectivity index (χ1) is 10.1. The number of hydrogen-bond donors (Lipinski definition) is 0. The van der Waals surface area contributed by atoms with Gasteiger partial charge in [-0.2, -0.15) is 5.10 Å². The fourth-order valence-corrected chi connectivity index (χ4v) is 3.30. The summed E-state index contributed by atoms with van der Waals surface area (Å²) in [6.45, 7) is 4.26. The number of nitrogens with zero attached hydrogens (tertiary/aromatic N) is 2. The number of ketones is 1. The van der Waals surface area contributed by atoms with Gasteiger partial charge in [-0.05, 0) is 47.5 Å². The largest absolute Gasteiger partial charge is 0.298 e. The number of Topliss-reactive ketones (excluding diaryl/α,β-unsaturated/α-hetero) is 1. The summed E-state index contributed by atoms with van der Waals surface area (Å²) in [4.78, 5) is 13.2. The Balaban J connectivity index is 1.87. The van der Waals surface area contributed by atoms with E-state index in [4.69, 9.17) is 0 Å². The molecule has 0 amide bonds. The lowest BCUT2D eigenvalue weighted by atomic mass is 10.2. The van der Waals surface area contributed by atoms with Crippen molar-refractivity contribution >= 4 is 33.5 Å². The lowest BCUT2D eigenvalue weighted by Gasteiger charge is -2.08. The summed E-state index contributed by atoms with van der Waals surface area (Å²) in [6.07, 6.45) is 3.39. The Kier molecular flexibility index (Phi) is 6.06. The van der Waals surface area contributed by atoms with Crippen LogP contribution in [0.2, 0.25) is 0 Å². The number of aromatic nitrogens is 2. The Labute approximate surface area is 138 Å². The minimum absolute atomic E-state index is 0.199. The summed E-state index contributed by atoms with van der Waals surface area (Å²) >= 11 is 5.05. The third kappa shape index (κ3) is 4.71. The molecule has 0 radical (unpaired) electrons. The first-order valence-corrected chi connectivity index (χ1v) is 8.81. The SMILES string of the molecule is CCC(C)n1ccc(CC(=O)CSc2ccccc2Br)n1. The van der Waals surface area contributed by atoms with Gasteiger partial charge in [0.1, 0.15) is 5.78 Å².